The van der Waals surface area contributed by atoms with Gasteiger partial charge in [0.05, 0.1) is 0 Å². The zero-order chi connectivity index (χ0) is 13.6. The van der Waals surface area contributed by atoms with E-state index >= 15 is 0 Å². The van der Waals surface area contributed by atoms with Crippen LogP contribution in [0.25, 0.3) is 0 Å². The van der Waals surface area contributed by atoms with Crippen molar-refractivity contribution < 1.29 is 0 Å². The number of hydrogen-bond acceptors (Lipinski definition) is 1. The molecule has 0 aromatic heterocycles. The molecule has 1 N–H and O–H groups in total. The van der Waals surface area contributed by atoms with E-state index in [9.17, 15) is 0 Å². The lowest BCUT2D eigenvalue weighted by Gasteiger charge is -2.16. The zero-order valence-corrected chi connectivity index (χ0v) is 13.6. The van der Waals surface area contributed by atoms with E-state index in [2.05, 4.69) is 80.1 Å². The second-order valence-corrected chi connectivity index (χ2v) is 7.50. The minimum atomic E-state index is 0.396. The van der Waals surface area contributed by atoms with Crippen LogP contribution in [0, 0.1) is 16.7 Å². The van der Waals surface area contributed by atoms with Gasteiger partial charge in [0.1, 0.15) is 0 Å². The molecule has 1 aliphatic rings. The lowest BCUT2D eigenvalue weighted by molar-refractivity contribution is 0.457. The molecule has 1 atom stereocenters. The molecule has 18 heavy (non-hydrogen) atoms. The van der Waals surface area contributed by atoms with E-state index in [1.54, 1.807) is 0 Å². The molecule has 2 rings (SSSR count). The predicted molar refractivity (Wildman–Crippen MR) is 81.6 cm³/mol. The quantitative estimate of drug-likeness (QED) is 0.844. The summed E-state index contributed by atoms with van der Waals surface area (Å²) in [5, 5.41) is 3.68. The number of halogens is 1. The van der Waals surface area contributed by atoms with Crippen molar-refractivity contribution in [2.75, 3.05) is 6.54 Å². The molecule has 1 aromatic rings. The molecule has 1 aromatic carbocycles. The van der Waals surface area contributed by atoms with Crippen molar-refractivity contribution in [2.24, 2.45) is 16.7 Å². The molecule has 0 amide bonds. The molecule has 100 valence electrons. The molecule has 1 aliphatic carbocycles. The van der Waals surface area contributed by atoms with Gasteiger partial charge >= 0.3 is 0 Å². The average molecular weight is 310 g/mol. The molecule has 0 spiro atoms. The van der Waals surface area contributed by atoms with Crippen LogP contribution in [0.4, 0.5) is 0 Å². The number of hydrogen-bond donors (Lipinski definition) is 1. The summed E-state index contributed by atoms with van der Waals surface area (Å²) in [7, 11) is 0. The van der Waals surface area contributed by atoms with Crippen molar-refractivity contribution in [3.63, 3.8) is 0 Å². The molecular weight excluding hydrogens is 286 g/mol. The van der Waals surface area contributed by atoms with Gasteiger partial charge in [0.15, 0.2) is 0 Å². The van der Waals surface area contributed by atoms with E-state index in [4.69, 9.17) is 0 Å². The van der Waals surface area contributed by atoms with Gasteiger partial charge in [-0.15, -0.1) is 0 Å². The Hall–Kier alpha value is -0.340. The standard InChI is InChI=1S/C16H24BrN/c1-11(12-8-6-7-9-13(12)17)18-10-14-15(2,3)16(14,4)5/h6-9,11,14,18H,10H2,1-5H3. The maximum Gasteiger partial charge on any atom is 0.0303 e. The van der Waals surface area contributed by atoms with Crippen LogP contribution in [0.15, 0.2) is 28.7 Å². The SMILES string of the molecule is CC(NCC1C(C)(C)C1(C)C)c1ccccc1Br. The first-order valence-electron chi connectivity index (χ1n) is 6.76. The highest BCUT2D eigenvalue weighted by Gasteiger charge is 2.63. The highest BCUT2D eigenvalue weighted by Crippen LogP contribution is 2.68. The van der Waals surface area contributed by atoms with E-state index in [1.165, 1.54) is 10.0 Å². The molecule has 1 nitrogen and oxygen atoms in total. The molecule has 0 aliphatic heterocycles. The van der Waals surface area contributed by atoms with Gasteiger partial charge in [-0.05, 0) is 41.8 Å². The molecule has 0 heterocycles. The summed E-state index contributed by atoms with van der Waals surface area (Å²) >= 11 is 3.62. The molecule has 1 unspecified atom stereocenters. The van der Waals surface area contributed by atoms with Gasteiger partial charge < -0.3 is 5.32 Å². The van der Waals surface area contributed by atoms with Gasteiger partial charge in [0.25, 0.3) is 0 Å². The molecule has 2 heteroatoms. The average Bonchev–Trinajstić information content (AvgIpc) is 2.67. The number of benzene rings is 1. The Morgan fingerprint density at radius 2 is 1.72 bits per heavy atom. The normalized spacial score (nSPS) is 22.8. The largest absolute Gasteiger partial charge is 0.310 e. The first-order valence-corrected chi connectivity index (χ1v) is 7.55. The Kier molecular flexibility index (Phi) is 3.63. The second kappa shape index (κ2) is 4.64. The summed E-state index contributed by atoms with van der Waals surface area (Å²) in [5.74, 6) is 0.773. The van der Waals surface area contributed by atoms with E-state index in [1.807, 2.05) is 0 Å². The van der Waals surface area contributed by atoms with Crippen LogP contribution in [-0.2, 0) is 0 Å². The van der Waals surface area contributed by atoms with Crippen LogP contribution in [0.3, 0.4) is 0 Å². The summed E-state index contributed by atoms with van der Waals surface area (Å²) in [4.78, 5) is 0. The Morgan fingerprint density at radius 3 is 2.22 bits per heavy atom. The zero-order valence-electron chi connectivity index (χ0n) is 12.0. The van der Waals surface area contributed by atoms with Crippen molar-refractivity contribution in [3.05, 3.63) is 34.3 Å². The van der Waals surface area contributed by atoms with Crippen molar-refractivity contribution in [2.45, 2.75) is 40.7 Å². The van der Waals surface area contributed by atoms with Crippen LogP contribution in [0.5, 0.6) is 0 Å². The van der Waals surface area contributed by atoms with Crippen molar-refractivity contribution in [1.82, 2.24) is 5.32 Å². The first-order chi connectivity index (χ1) is 8.28. The minimum Gasteiger partial charge on any atom is -0.310 e. The van der Waals surface area contributed by atoms with Gasteiger partial charge in [0, 0.05) is 10.5 Å². The summed E-state index contributed by atoms with van der Waals surface area (Å²) in [6, 6.07) is 8.85. The lowest BCUT2D eigenvalue weighted by atomic mass is 10.0. The van der Waals surface area contributed by atoms with Crippen LogP contribution in [0.2, 0.25) is 0 Å². The van der Waals surface area contributed by atoms with Crippen LogP contribution in [0.1, 0.15) is 46.2 Å². The van der Waals surface area contributed by atoms with Gasteiger partial charge in [-0.1, -0.05) is 61.8 Å². The van der Waals surface area contributed by atoms with Crippen molar-refractivity contribution in [3.8, 4) is 0 Å². The first kappa shape index (κ1) is 14.1. The van der Waals surface area contributed by atoms with Crippen LogP contribution < -0.4 is 5.32 Å². The van der Waals surface area contributed by atoms with Gasteiger partial charge in [-0.25, -0.2) is 0 Å². The van der Waals surface area contributed by atoms with E-state index in [-0.39, 0.29) is 0 Å². The van der Waals surface area contributed by atoms with Crippen LogP contribution in [-0.4, -0.2) is 6.54 Å². The van der Waals surface area contributed by atoms with Crippen molar-refractivity contribution in [1.29, 1.82) is 0 Å². The fourth-order valence-corrected chi connectivity index (χ4v) is 3.70. The molecule has 1 saturated carbocycles. The third kappa shape index (κ3) is 2.25. The fraction of sp³-hybridized carbons (Fsp3) is 0.625. The Labute approximate surface area is 119 Å². The predicted octanol–water partition coefficient (Wildman–Crippen LogP) is 4.78. The molecule has 0 saturated heterocycles. The fourth-order valence-electron chi connectivity index (χ4n) is 3.07. The summed E-state index contributed by atoms with van der Waals surface area (Å²) < 4.78 is 1.19. The van der Waals surface area contributed by atoms with Gasteiger partial charge in [0.2, 0.25) is 0 Å². The molecule has 0 radical (unpaired) electrons. The van der Waals surface area contributed by atoms with E-state index in [0.29, 0.717) is 16.9 Å². The van der Waals surface area contributed by atoms with E-state index < -0.39 is 0 Å². The highest BCUT2D eigenvalue weighted by molar-refractivity contribution is 9.10. The number of rotatable bonds is 4. The van der Waals surface area contributed by atoms with Gasteiger partial charge in [-0.2, -0.15) is 0 Å². The summed E-state index contributed by atoms with van der Waals surface area (Å²) in [5.41, 5.74) is 2.27. The molecule has 1 fully saturated rings. The van der Waals surface area contributed by atoms with Crippen molar-refractivity contribution >= 4 is 15.9 Å². The van der Waals surface area contributed by atoms with E-state index in [0.717, 1.165) is 12.5 Å². The Morgan fingerprint density at radius 1 is 1.17 bits per heavy atom. The lowest BCUT2D eigenvalue weighted by Crippen LogP contribution is -2.23. The maximum atomic E-state index is 3.68. The van der Waals surface area contributed by atoms with Crippen LogP contribution >= 0.6 is 15.9 Å². The Bertz CT molecular complexity index is 422. The third-order valence-electron chi connectivity index (χ3n) is 5.32. The minimum absolute atomic E-state index is 0.396. The summed E-state index contributed by atoms with van der Waals surface area (Å²) in [6.07, 6.45) is 0. The third-order valence-corrected chi connectivity index (χ3v) is 6.04. The molecule has 0 bridgehead atoms. The highest BCUT2D eigenvalue weighted by atomic mass is 79.9. The molecular formula is C16H24BrN. The van der Waals surface area contributed by atoms with Gasteiger partial charge in [-0.3, -0.25) is 0 Å². The monoisotopic (exact) mass is 309 g/mol. The maximum absolute atomic E-state index is 3.68. The Balaban J connectivity index is 1.95. The summed E-state index contributed by atoms with van der Waals surface area (Å²) in [6.45, 7) is 12.8. The second-order valence-electron chi connectivity index (χ2n) is 6.65. The number of nitrogens with one attached hydrogen (secondary N) is 1. The topological polar surface area (TPSA) is 12.0 Å². The smallest absolute Gasteiger partial charge is 0.0303 e.